The van der Waals surface area contributed by atoms with Crippen LogP contribution in [0.15, 0.2) is 46.9 Å². The van der Waals surface area contributed by atoms with Crippen molar-refractivity contribution in [3.63, 3.8) is 0 Å². The van der Waals surface area contributed by atoms with E-state index in [1.54, 1.807) is 12.1 Å². The van der Waals surface area contributed by atoms with Crippen LogP contribution in [0.2, 0.25) is 0 Å². The van der Waals surface area contributed by atoms with Gasteiger partial charge in [0.25, 0.3) is 5.91 Å². The maximum absolute atomic E-state index is 12.4. The van der Waals surface area contributed by atoms with E-state index in [-0.39, 0.29) is 30.7 Å². The van der Waals surface area contributed by atoms with E-state index in [0.717, 1.165) is 21.6 Å². The first kappa shape index (κ1) is 18.5. The second kappa shape index (κ2) is 7.31. The normalized spacial score (nSPS) is 13.8. The van der Waals surface area contributed by atoms with Crippen molar-refractivity contribution >= 4 is 29.4 Å². The van der Waals surface area contributed by atoms with Crippen molar-refractivity contribution in [3.05, 3.63) is 59.2 Å². The van der Waals surface area contributed by atoms with Gasteiger partial charge >= 0.3 is 6.01 Å². The van der Waals surface area contributed by atoms with Crippen molar-refractivity contribution in [3.8, 4) is 11.5 Å². The lowest BCUT2D eigenvalue weighted by molar-refractivity contribution is -0.121. The van der Waals surface area contributed by atoms with Gasteiger partial charge < -0.3 is 4.42 Å². The summed E-state index contributed by atoms with van der Waals surface area (Å²) in [7, 11) is 0. The average Bonchev–Trinajstić information content (AvgIpc) is 3.27. The van der Waals surface area contributed by atoms with Crippen molar-refractivity contribution in [2.24, 2.45) is 0 Å². The molecule has 3 amide bonds. The van der Waals surface area contributed by atoms with Crippen LogP contribution in [0.4, 0.5) is 11.7 Å². The summed E-state index contributed by atoms with van der Waals surface area (Å²) in [4.78, 5) is 37.2. The Morgan fingerprint density at radius 2 is 1.59 bits per heavy atom. The van der Waals surface area contributed by atoms with Gasteiger partial charge in [-0.05, 0) is 50.2 Å². The zero-order valence-corrected chi connectivity index (χ0v) is 15.9. The molecule has 4 rings (SSSR count). The van der Waals surface area contributed by atoms with Crippen molar-refractivity contribution in [2.75, 3.05) is 10.2 Å². The molecule has 1 aliphatic rings. The molecule has 0 bridgehead atoms. The average molecular weight is 390 g/mol. The molecule has 29 heavy (non-hydrogen) atoms. The number of rotatable bonds is 4. The number of nitrogens with one attached hydrogen (secondary N) is 1. The van der Waals surface area contributed by atoms with Crippen LogP contribution in [0.3, 0.4) is 0 Å². The van der Waals surface area contributed by atoms with E-state index < -0.39 is 5.91 Å². The number of aryl methyl sites for hydroxylation is 2. The maximum Gasteiger partial charge on any atom is 0.322 e. The van der Waals surface area contributed by atoms with Crippen LogP contribution in [-0.2, 0) is 9.59 Å². The summed E-state index contributed by atoms with van der Waals surface area (Å²) < 4.78 is 5.55. The largest absolute Gasteiger partial charge is 0.403 e. The molecule has 0 saturated carbocycles. The molecule has 0 radical (unpaired) electrons. The Morgan fingerprint density at radius 1 is 0.966 bits per heavy atom. The fraction of sp³-hybridized carbons (Fsp3) is 0.190. The molecule has 8 nitrogen and oxygen atoms in total. The molecule has 0 spiro atoms. The third kappa shape index (κ3) is 3.77. The molecule has 1 aromatic heterocycles. The lowest BCUT2D eigenvalue weighted by Crippen LogP contribution is -2.28. The number of hydrogen-bond acceptors (Lipinski definition) is 6. The van der Waals surface area contributed by atoms with E-state index >= 15 is 0 Å². The molecule has 0 atom stereocenters. The van der Waals surface area contributed by atoms with Gasteiger partial charge in [0.05, 0.1) is 5.69 Å². The third-order valence-corrected chi connectivity index (χ3v) is 4.55. The van der Waals surface area contributed by atoms with Gasteiger partial charge in [-0.3, -0.25) is 24.6 Å². The van der Waals surface area contributed by atoms with Crippen LogP contribution in [0.1, 0.15) is 34.3 Å². The van der Waals surface area contributed by atoms with E-state index in [1.165, 1.54) is 12.1 Å². The number of nitrogens with zero attached hydrogens (tertiary/aromatic N) is 3. The summed E-state index contributed by atoms with van der Waals surface area (Å²) in [6, 6.07) is 12.1. The Bertz CT molecular complexity index is 1080. The predicted octanol–water partition coefficient (Wildman–Crippen LogP) is 3.26. The minimum Gasteiger partial charge on any atom is -0.403 e. The predicted molar refractivity (Wildman–Crippen MR) is 105 cm³/mol. The second-order valence-electron chi connectivity index (χ2n) is 6.91. The molecule has 2 heterocycles. The summed E-state index contributed by atoms with van der Waals surface area (Å²) in [5, 5.41) is 10.4. The first-order chi connectivity index (χ1) is 13.9. The molecule has 3 aromatic rings. The van der Waals surface area contributed by atoms with Crippen molar-refractivity contribution in [1.29, 1.82) is 0 Å². The molecule has 1 N–H and O–H groups in total. The number of carbonyl (C=O) groups is 3. The highest BCUT2D eigenvalue weighted by Crippen LogP contribution is 2.24. The Balaban J connectivity index is 1.48. The number of imide groups is 1. The van der Waals surface area contributed by atoms with E-state index in [1.807, 2.05) is 32.0 Å². The molecule has 8 heteroatoms. The first-order valence-electron chi connectivity index (χ1n) is 9.10. The van der Waals surface area contributed by atoms with E-state index in [2.05, 4.69) is 15.5 Å². The molecule has 2 aromatic carbocycles. The standard InChI is InChI=1S/C21H18N4O4/c1-12-9-13(2)11-15(10-12)20-23-24-21(29-20)22-19(28)14-3-5-16(6-4-14)25-17(26)7-8-18(25)27/h3-6,9-11H,7-8H2,1-2H3,(H,22,24,28). The monoisotopic (exact) mass is 390 g/mol. The molecular formula is C21H18N4O4. The van der Waals surface area contributed by atoms with Gasteiger partial charge in [0, 0.05) is 24.0 Å². The highest BCUT2D eigenvalue weighted by molar-refractivity contribution is 6.20. The van der Waals surface area contributed by atoms with Gasteiger partial charge in [-0.2, -0.15) is 0 Å². The third-order valence-electron chi connectivity index (χ3n) is 4.55. The summed E-state index contributed by atoms with van der Waals surface area (Å²) in [6.07, 6.45) is 0.419. The summed E-state index contributed by atoms with van der Waals surface area (Å²) in [5.41, 5.74) is 3.69. The minimum atomic E-state index is -0.439. The number of amides is 3. The van der Waals surface area contributed by atoms with Gasteiger partial charge in [0.15, 0.2) is 0 Å². The molecule has 1 fully saturated rings. The smallest absolute Gasteiger partial charge is 0.322 e. The van der Waals surface area contributed by atoms with Gasteiger partial charge in [-0.25, -0.2) is 0 Å². The van der Waals surface area contributed by atoms with Gasteiger partial charge in [-0.15, -0.1) is 5.10 Å². The lowest BCUT2D eigenvalue weighted by Gasteiger charge is -2.13. The molecule has 0 unspecified atom stereocenters. The molecular weight excluding hydrogens is 372 g/mol. The zero-order chi connectivity index (χ0) is 20.5. The number of benzene rings is 2. The van der Waals surface area contributed by atoms with Crippen LogP contribution in [0.25, 0.3) is 11.5 Å². The Morgan fingerprint density at radius 3 is 2.21 bits per heavy atom. The molecule has 0 aliphatic carbocycles. The van der Waals surface area contributed by atoms with Crippen LogP contribution >= 0.6 is 0 Å². The van der Waals surface area contributed by atoms with Crippen molar-refractivity contribution < 1.29 is 18.8 Å². The number of carbonyl (C=O) groups excluding carboxylic acids is 3. The molecule has 1 aliphatic heterocycles. The van der Waals surface area contributed by atoms with Crippen LogP contribution in [0, 0.1) is 13.8 Å². The van der Waals surface area contributed by atoms with E-state index in [4.69, 9.17) is 4.42 Å². The van der Waals surface area contributed by atoms with Crippen LogP contribution in [0.5, 0.6) is 0 Å². The van der Waals surface area contributed by atoms with Gasteiger partial charge in [0.2, 0.25) is 17.7 Å². The van der Waals surface area contributed by atoms with Crippen LogP contribution < -0.4 is 10.2 Å². The molecule has 146 valence electrons. The Kier molecular flexibility index (Phi) is 4.67. The number of hydrogen-bond donors (Lipinski definition) is 1. The maximum atomic E-state index is 12.4. The first-order valence-corrected chi connectivity index (χ1v) is 9.10. The second-order valence-corrected chi connectivity index (χ2v) is 6.91. The number of aromatic nitrogens is 2. The lowest BCUT2D eigenvalue weighted by atomic mass is 10.1. The summed E-state index contributed by atoms with van der Waals surface area (Å²) >= 11 is 0. The van der Waals surface area contributed by atoms with Crippen molar-refractivity contribution in [2.45, 2.75) is 26.7 Å². The Labute approximate surface area is 166 Å². The summed E-state index contributed by atoms with van der Waals surface area (Å²) in [5.74, 6) is -0.603. The van der Waals surface area contributed by atoms with E-state index in [0.29, 0.717) is 17.1 Å². The summed E-state index contributed by atoms with van der Waals surface area (Å²) in [6.45, 7) is 3.95. The topological polar surface area (TPSA) is 105 Å². The SMILES string of the molecule is Cc1cc(C)cc(-c2nnc(NC(=O)c3ccc(N4C(=O)CCC4=O)cc3)o2)c1. The van der Waals surface area contributed by atoms with Crippen LogP contribution in [-0.4, -0.2) is 27.9 Å². The van der Waals surface area contributed by atoms with Gasteiger partial charge in [0.1, 0.15) is 0 Å². The fourth-order valence-corrected chi connectivity index (χ4v) is 3.28. The highest BCUT2D eigenvalue weighted by Gasteiger charge is 2.30. The van der Waals surface area contributed by atoms with Crippen molar-refractivity contribution in [1.82, 2.24) is 10.2 Å². The van der Waals surface area contributed by atoms with Gasteiger partial charge in [-0.1, -0.05) is 22.3 Å². The molecule has 1 saturated heterocycles. The minimum absolute atomic E-state index is 0.0156. The number of anilines is 2. The fourth-order valence-electron chi connectivity index (χ4n) is 3.28. The van der Waals surface area contributed by atoms with E-state index in [9.17, 15) is 14.4 Å². The Hall–Kier alpha value is -3.81. The zero-order valence-electron chi connectivity index (χ0n) is 15.9. The quantitative estimate of drug-likeness (QED) is 0.686. The highest BCUT2D eigenvalue weighted by atomic mass is 16.4.